The number of H-pyrrole nitrogens is 1. The number of fused-ring (bicyclic) bond motifs is 1. The van der Waals surface area contributed by atoms with Crippen molar-refractivity contribution in [3.63, 3.8) is 0 Å². The average Bonchev–Trinajstić information content (AvgIpc) is 3.15. The lowest BCUT2D eigenvalue weighted by atomic mass is 10.0. The Bertz CT molecular complexity index is 2130. The third-order valence-electron chi connectivity index (χ3n) is 9.17. The van der Waals surface area contributed by atoms with Gasteiger partial charge in [0.1, 0.15) is 17.7 Å². The molecule has 4 aromatic carbocycles. The van der Waals surface area contributed by atoms with Gasteiger partial charge in [0, 0.05) is 56.3 Å². The summed E-state index contributed by atoms with van der Waals surface area (Å²) in [6, 6.07) is 30.1. The molecule has 0 aliphatic carbocycles. The Balaban J connectivity index is 0.886. The van der Waals surface area contributed by atoms with E-state index in [1.54, 1.807) is 36.4 Å². The number of hydrogen-bond donors (Lipinski definition) is 6. The smallest absolute Gasteiger partial charge is 0.411 e. The van der Waals surface area contributed by atoms with Crippen LogP contribution in [0.2, 0.25) is 0 Å². The summed E-state index contributed by atoms with van der Waals surface area (Å²) in [6.07, 6.45) is -0.176. The zero-order valence-corrected chi connectivity index (χ0v) is 29.4. The highest BCUT2D eigenvalue weighted by Crippen LogP contribution is 2.29. The fourth-order valence-electron chi connectivity index (χ4n) is 6.36. The maximum absolute atomic E-state index is 13.0. The van der Waals surface area contributed by atoms with Crippen molar-refractivity contribution in [3.05, 3.63) is 125 Å². The summed E-state index contributed by atoms with van der Waals surface area (Å²) >= 11 is 0. The van der Waals surface area contributed by atoms with Crippen LogP contribution in [0.3, 0.4) is 0 Å². The topological polar surface area (TPSA) is 173 Å². The van der Waals surface area contributed by atoms with Crippen molar-refractivity contribution < 1.29 is 28.2 Å². The van der Waals surface area contributed by atoms with E-state index in [-0.39, 0.29) is 40.2 Å². The first kappa shape index (κ1) is 36.7. The van der Waals surface area contributed by atoms with E-state index in [1.807, 2.05) is 54.6 Å². The number of ether oxygens (including phenoxy) is 1. The Morgan fingerprint density at radius 2 is 1.63 bits per heavy atom. The van der Waals surface area contributed by atoms with E-state index in [2.05, 4.69) is 25.8 Å². The number of anilines is 1. The molecular weight excluding hydrogens is 683 g/mol. The number of rotatable bonds is 14. The molecule has 0 unspecified atom stereocenters. The SMILES string of the molecule is O=C(Nc1ccccc1-c1ccccc1)OC1CCN(CCNCS(=O)(=O)c2ccc(CNC[C@H](O)c3ccc(O)c4[nH]c(=O)ccc34)cc2)CC1. The number of aromatic amines is 1. The van der Waals surface area contributed by atoms with Crippen molar-refractivity contribution in [1.29, 1.82) is 0 Å². The molecule has 1 fully saturated rings. The highest BCUT2D eigenvalue weighted by molar-refractivity contribution is 7.91. The number of phenols is 1. The van der Waals surface area contributed by atoms with Crippen LogP contribution in [-0.2, 0) is 21.1 Å². The zero-order chi connectivity index (χ0) is 36.5. The molecule has 0 radical (unpaired) electrons. The van der Waals surface area contributed by atoms with Gasteiger partial charge in [0.15, 0.2) is 9.84 Å². The number of aromatic nitrogens is 1. The summed E-state index contributed by atoms with van der Waals surface area (Å²) in [5.74, 6) is -0.262. The van der Waals surface area contributed by atoms with Gasteiger partial charge in [0.25, 0.3) is 0 Å². The van der Waals surface area contributed by atoms with E-state index < -0.39 is 22.0 Å². The standard InChI is InChI=1S/C39H43N5O7S/c45-35-16-14-32(33-15-17-37(47)43-38(33)35)36(46)25-41-24-27-10-12-30(13-11-27)52(49,50)26-40-20-23-44-21-18-29(19-22-44)51-39(48)42-34-9-5-4-8-31(34)28-6-2-1-3-7-28/h1-17,29,36,40-41,45-46H,18-26H2,(H,42,48)(H,43,47)/t36-/m0/s1. The minimum Gasteiger partial charge on any atom is -0.506 e. The van der Waals surface area contributed by atoms with Crippen molar-refractivity contribution in [1.82, 2.24) is 20.5 Å². The van der Waals surface area contributed by atoms with Gasteiger partial charge in [-0.15, -0.1) is 0 Å². The Hall–Kier alpha value is -5.05. The number of amides is 1. The van der Waals surface area contributed by atoms with Gasteiger partial charge in [-0.1, -0.05) is 66.7 Å². The van der Waals surface area contributed by atoms with Crippen LogP contribution in [0.4, 0.5) is 10.5 Å². The van der Waals surface area contributed by atoms with Crippen LogP contribution in [-0.4, -0.2) is 79.3 Å². The van der Waals surface area contributed by atoms with Crippen LogP contribution < -0.4 is 21.5 Å². The monoisotopic (exact) mass is 725 g/mol. The van der Waals surface area contributed by atoms with Crippen molar-refractivity contribution in [2.75, 3.05) is 43.9 Å². The van der Waals surface area contributed by atoms with E-state index in [0.29, 0.717) is 49.1 Å². The fourth-order valence-corrected chi connectivity index (χ4v) is 7.49. The number of carbonyl (C=O) groups is 1. The maximum atomic E-state index is 13.0. The number of para-hydroxylation sites is 1. The van der Waals surface area contributed by atoms with Crippen molar-refractivity contribution >= 4 is 32.5 Å². The second-order valence-corrected chi connectivity index (χ2v) is 14.8. The van der Waals surface area contributed by atoms with Crippen LogP contribution in [0, 0.1) is 0 Å². The van der Waals surface area contributed by atoms with Gasteiger partial charge in [-0.3, -0.25) is 10.1 Å². The van der Waals surface area contributed by atoms with E-state index in [0.717, 1.165) is 29.8 Å². The maximum Gasteiger partial charge on any atom is 0.411 e. The molecule has 6 rings (SSSR count). The minimum absolute atomic E-state index is 0.0746. The molecule has 0 saturated carbocycles. The normalized spacial score (nSPS) is 14.6. The van der Waals surface area contributed by atoms with Crippen LogP contribution in [0.5, 0.6) is 5.75 Å². The minimum atomic E-state index is -3.55. The van der Waals surface area contributed by atoms with Crippen molar-refractivity contribution in [2.45, 2.75) is 36.5 Å². The predicted octanol–water partition coefficient (Wildman–Crippen LogP) is 4.76. The second kappa shape index (κ2) is 17.0. The summed E-state index contributed by atoms with van der Waals surface area (Å²) in [5, 5.41) is 30.5. The van der Waals surface area contributed by atoms with Crippen LogP contribution in [0.1, 0.15) is 30.1 Å². The second-order valence-electron chi connectivity index (χ2n) is 12.8. The lowest BCUT2D eigenvalue weighted by Crippen LogP contribution is -2.42. The molecule has 1 aliphatic rings. The number of piperidine rings is 1. The van der Waals surface area contributed by atoms with Gasteiger partial charge in [-0.2, -0.15) is 0 Å². The molecule has 272 valence electrons. The molecule has 1 atom stereocenters. The molecule has 6 N–H and O–H groups in total. The van der Waals surface area contributed by atoms with E-state index in [1.165, 1.54) is 12.1 Å². The quantitative estimate of drug-likeness (QED) is 0.0877. The predicted molar refractivity (Wildman–Crippen MR) is 201 cm³/mol. The molecular formula is C39H43N5O7S. The molecule has 1 aliphatic heterocycles. The largest absolute Gasteiger partial charge is 0.506 e. The molecule has 1 saturated heterocycles. The number of aliphatic hydroxyl groups is 1. The highest BCUT2D eigenvalue weighted by Gasteiger charge is 2.23. The Kier molecular flexibility index (Phi) is 12.0. The number of likely N-dealkylation sites (tertiary alicyclic amines) is 1. The molecule has 2 heterocycles. The molecule has 5 aromatic rings. The average molecular weight is 726 g/mol. The number of benzene rings is 4. The number of nitrogens with zero attached hydrogens (tertiary/aromatic N) is 1. The number of aliphatic hydroxyl groups excluding tert-OH is 1. The number of hydrogen-bond acceptors (Lipinski definition) is 10. The van der Waals surface area contributed by atoms with Gasteiger partial charge in [0.05, 0.1) is 22.2 Å². The lowest BCUT2D eigenvalue weighted by molar-refractivity contribution is 0.0594. The van der Waals surface area contributed by atoms with Gasteiger partial charge in [0.2, 0.25) is 5.56 Å². The number of sulfone groups is 1. The molecule has 52 heavy (non-hydrogen) atoms. The zero-order valence-electron chi connectivity index (χ0n) is 28.6. The van der Waals surface area contributed by atoms with Gasteiger partial charge in [-0.05, 0) is 59.9 Å². The van der Waals surface area contributed by atoms with Crippen LogP contribution in [0.25, 0.3) is 22.0 Å². The Labute approximate surface area is 302 Å². The summed E-state index contributed by atoms with van der Waals surface area (Å²) in [7, 11) is -3.55. The molecule has 1 amide bonds. The summed E-state index contributed by atoms with van der Waals surface area (Å²) in [6.45, 7) is 3.26. The molecule has 1 aromatic heterocycles. The van der Waals surface area contributed by atoms with Gasteiger partial charge in [-0.25, -0.2) is 13.2 Å². The summed E-state index contributed by atoms with van der Waals surface area (Å²) < 4.78 is 31.7. The molecule has 0 spiro atoms. The van der Waals surface area contributed by atoms with Gasteiger partial charge >= 0.3 is 6.09 Å². The van der Waals surface area contributed by atoms with Crippen LogP contribution in [0.15, 0.2) is 113 Å². The molecule has 0 bridgehead atoms. The van der Waals surface area contributed by atoms with E-state index in [9.17, 15) is 28.2 Å². The first-order valence-electron chi connectivity index (χ1n) is 17.3. The third kappa shape index (κ3) is 9.43. The lowest BCUT2D eigenvalue weighted by Gasteiger charge is -2.31. The highest BCUT2D eigenvalue weighted by atomic mass is 32.2. The van der Waals surface area contributed by atoms with E-state index in [4.69, 9.17) is 4.74 Å². The summed E-state index contributed by atoms with van der Waals surface area (Å²) in [5.41, 5.74) is 3.95. The summed E-state index contributed by atoms with van der Waals surface area (Å²) in [4.78, 5) is 29.4. The van der Waals surface area contributed by atoms with Crippen molar-refractivity contribution in [2.24, 2.45) is 0 Å². The number of nitrogens with one attached hydrogen (secondary N) is 4. The number of aromatic hydroxyl groups is 1. The Morgan fingerprint density at radius 3 is 2.40 bits per heavy atom. The fraction of sp³-hybridized carbons (Fsp3) is 0.282. The first-order valence-corrected chi connectivity index (χ1v) is 18.9. The number of phenolic OH excluding ortho intramolecular Hbond substituents is 1. The van der Waals surface area contributed by atoms with Crippen molar-refractivity contribution in [3.8, 4) is 16.9 Å². The van der Waals surface area contributed by atoms with Gasteiger partial charge < -0.3 is 35.5 Å². The molecule has 13 heteroatoms. The van der Waals surface area contributed by atoms with Crippen LogP contribution >= 0.6 is 0 Å². The third-order valence-corrected chi connectivity index (χ3v) is 10.7. The van der Waals surface area contributed by atoms with E-state index >= 15 is 0 Å². The number of pyridine rings is 1. The number of carbonyl (C=O) groups excluding carboxylic acids is 1. The molecule has 12 nitrogen and oxygen atoms in total. The first-order chi connectivity index (χ1) is 25.2. The Morgan fingerprint density at radius 1 is 0.904 bits per heavy atom.